The first kappa shape index (κ1) is 16.5. The van der Waals surface area contributed by atoms with Gasteiger partial charge in [-0.05, 0) is 47.0 Å². The second-order valence-electron chi connectivity index (χ2n) is 5.29. The molecule has 1 aliphatic carbocycles. The van der Waals surface area contributed by atoms with Gasteiger partial charge >= 0.3 is 5.97 Å². The van der Waals surface area contributed by atoms with Crippen molar-refractivity contribution >= 4 is 43.7 Å². The van der Waals surface area contributed by atoms with E-state index < -0.39 is 11.9 Å². The van der Waals surface area contributed by atoms with Crippen LogP contribution >= 0.6 is 31.9 Å². The number of carboxylic acid groups (broad SMARTS) is 1. The number of carbonyl (C=O) groups is 2. The molecule has 0 bridgehead atoms. The Labute approximate surface area is 140 Å². The van der Waals surface area contributed by atoms with Crippen LogP contribution in [-0.2, 0) is 4.79 Å². The summed E-state index contributed by atoms with van der Waals surface area (Å²) in [7, 11) is 0. The van der Waals surface area contributed by atoms with Gasteiger partial charge in [-0.25, -0.2) is 0 Å². The molecule has 0 radical (unpaired) electrons. The van der Waals surface area contributed by atoms with Gasteiger partial charge in [-0.15, -0.1) is 0 Å². The number of amides is 1. The van der Waals surface area contributed by atoms with Crippen molar-refractivity contribution in [2.24, 2.45) is 5.92 Å². The van der Waals surface area contributed by atoms with Gasteiger partial charge in [0.25, 0.3) is 5.91 Å². The van der Waals surface area contributed by atoms with Crippen molar-refractivity contribution in [1.29, 1.82) is 0 Å². The predicted octanol–water partition coefficient (Wildman–Crippen LogP) is 3.97. The molecule has 1 amide bonds. The summed E-state index contributed by atoms with van der Waals surface area (Å²) in [6.07, 6.45) is 4.23. The lowest BCUT2D eigenvalue weighted by molar-refractivity contribution is -0.142. The molecular weight excluding hydrogens is 402 g/mol. The summed E-state index contributed by atoms with van der Waals surface area (Å²) < 4.78 is 1.57. The lowest BCUT2D eigenvalue weighted by Crippen LogP contribution is -2.42. The minimum atomic E-state index is -0.822. The molecular formula is C15H17Br2NO3. The Morgan fingerprint density at radius 3 is 2.52 bits per heavy atom. The van der Waals surface area contributed by atoms with Crippen LogP contribution < -0.4 is 5.32 Å². The van der Waals surface area contributed by atoms with Crippen LogP contribution in [0.1, 0.15) is 42.5 Å². The molecule has 2 unspecified atom stereocenters. The third-order valence-corrected chi connectivity index (χ3v) is 4.97. The standard InChI is InChI=1S/C15H17Br2NO3/c16-9-6-7-10(12(17)8-9)14(19)18-13-5-3-1-2-4-11(13)15(20)21/h6-8,11,13H,1-5H2,(H,18,19)(H,20,21). The fraction of sp³-hybridized carbons (Fsp3) is 0.467. The highest BCUT2D eigenvalue weighted by Crippen LogP contribution is 2.26. The lowest BCUT2D eigenvalue weighted by Gasteiger charge is -2.23. The quantitative estimate of drug-likeness (QED) is 0.729. The van der Waals surface area contributed by atoms with E-state index in [2.05, 4.69) is 37.2 Å². The van der Waals surface area contributed by atoms with Crippen LogP contribution in [0.4, 0.5) is 0 Å². The first-order chi connectivity index (χ1) is 9.99. The van der Waals surface area contributed by atoms with Crippen LogP contribution in [0, 0.1) is 5.92 Å². The molecule has 4 nitrogen and oxygen atoms in total. The zero-order chi connectivity index (χ0) is 15.4. The Hall–Kier alpha value is -0.880. The molecule has 1 aromatic carbocycles. The predicted molar refractivity (Wildman–Crippen MR) is 87.3 cm³/mol. The molecule has 1 aliphatic rings. The van der Waals surface area contributed by atoms with Crippen molar-refractivity contribution in [2.75, 3.05) is 0 Å². The van der Waals surface area contributed by atoms with Gasteiger partial charge in [0.05, 0.1) is 11.5 Å². The monoisotopic (exact) mass is 417 g/mol. The number of nitrogens with one attached hydrogen (secondary N) is 1. The van der Waals surface area contributed by atoms with Gasteiger partial charge in [0, 0.05) is 15.0 Å². The van der Waals surface area contributed by atoms with Crippen molar-refractivity contribution in [3.8, 4) is 0 Å². The summed E-state index contributed by atoms with van der Waals surface area (Å²) >= 11 is 6.71. The minimum Gasteiger partial charge on any atom is -0.481 e. The zero-order valence-electron chi connectivity index (χ0n) is 11.4. The van der Waals surface area contributed by atoms with Crippen molar-refractivity contribution in [3.63, 3.8) is 0 Å². The molecule has 0 heterocycles. The molecule has 1 fully saturated rings. The summed E-state index contributed by atoms with van der Waals surface area (Å²) in [5.74, 6) is -1.55. The second kappa shape index (κ2) is 7.40. The molecule has 0 saturated heterocycles. The van der Waals surface area contributed by atoms with E-state index in [-0.39, 0.29) is 11.9 Å². The number of carboxylic acids is 1. The largest absolute Gasteiger partial charge is 0.481 e. The van der Waals surface area contributed by atoms with Gasteiger partial charge in [0.2, 0.25) is 0 Å². The Balaban J connectivity index is 2.14. The second-order valence-corrected chi connectivity index (χ2v) is 7.06. The maximum absolute atomic E-state index is 12.4. The molecule has 114 valence electrons. The van der Waals surface area contributed by atoms with Gasteiger partial charge in [-0.2, -0.15) is 0 Å². The molecule has 1 saturated carbocycles. The third kappa shape index (κ3) is 4.30. The lowest BCUT2D eigenvalue weighted by atomic mass is 9.94. The fourth-order valence-corrected chi connectivity index (χ4v) is 3.92. The van der Waals surface area contributed by atoms with Crippen LogP contribution in [-0.4, -0.2) is 23.0 Å². The summed E-state index contributed by atoms with van der Waals surface area (Å²) in [6, 6.07) is 5.02. The van der Waals surface area contributed by atoms with E-state index in [0.29, 0.717) is 16.5 Å². The molecule has 2 atom stereocenters. The molecule has 0 aromatic heterocycles. The van der Waals surface area contributed by atoms with Crippen LogP contribution in [0.25, 0.3) is 0 Å². The van der Waals surface area contributed by atoms with Crippen LogP contribution in [0.3, 0.4) is 0 Å². The van der Waals surface area contributed by atoms with Crippen LogP contribution in [0.5, 0.6) is 0 Å². The van der Waals surface area contributed by atoms with E-state index >= 15 is 0 Å². The molecule has 21 heavy (non-hydrogen) atoms. The highest BCUT2D eigenvalue weighted by Gasteiger charge is 2.31. The van der Waals surface area contributed by atoms with Crippen molar-refractivity contribution < 1.29 is 14.7 Å². The third-order valence-electron chi connectivity index (χ3n) is 3.83. The number of hydrogen-bond donors (Lipinski definition) is 2. The van der Waals surface area contributed by atoms with Crippen LogP contribution in [0.15, 0.2) is 27.1 Å². The number of benzene rings is 1. The first-order valence-corrected chi connectivity index (χ1v) is 8.56. The van der Waals surface area contributed by atoms with E-state index in [9.17, 15) is 14.7 Å². The summed E-state index contributed by atoms with van der Waals surface area (Å²) in [4.78, 5) is 23.8. The number of hydrogen-bond acceptors (Lipinski definition) is 2. The van der Waals surface area contributed by atoms with E-state index in [0.717, 1.165) is 30.2 Å². The first-order valence-electron chi connectivity index (χ1n) is 6.98. The van der Waals surface area contributed by atoms with Gasteiger partial charge in [0.1, 0.15) is 0 Å². The molecule has 6 heteroatoms. The fourth-order valence-electron chi connectivity index (χ4n) is 2.70. The Morgan fingerprint density at radius 1 is 1.14 bits per heavy atom. The average Bonchev–Trinajstić information content (AvgIpc) is 2.63. The maximum Gasteiger partial charge on any atom is 0.308 e. The molecule has 0 spiro atoms. The Kier molecular flexibility index (Phi) is 5.81. The molecule has 1 aromatic rings. The topological polar surface area (TPSA) is 66.4 Å². The number of carbonyl (C=O) groups excluding carboxylic acids is 1. The van der Waals surface area contributed by atoms with Crippen molar-refractivity contribution in [1.82, 2.24) is 5.32 Å². The van der Waals surface area contributed by atoms with Crippen LogP contribution in [0.2, 0.25) is 0 Å². The Morgan fingerprint density at radius 2 is 1.86 bits per heavy atom. The van der Waals surface area contributed by atoms with Gasteiger partial charge in [-0.1, -0.05) is 35.2 Å². The molecule has 2 N–H and O–H groups in total. The molecule has 0 aliphatic heterocycles. The number of rotatable bonds is 3. The Bertz CT molecular complexity index is 548. The highest BCUT2D eigenvalue weighted by molar-refractivity contribution is 9.11. The van der Waals surface area contributed by atoms with Gasteiger partial charge in [-0.3, -0.25) is 9.59 Å². The normalized spacial score (nSPS) is 22.4. The number of halogens is 2. The van der Waals surface area contributed by atoms with Gasteiger partial charge < -0.3 is 10.4 Å². The van der Waals surface area contributed by atoms with E-state index in [1.54, 1.807) is 18.2 Å². The highest BCUT2D eigenvalue weighted by atomic mass is 79.9. The summed E-state index contributed by atoms with van der Waals surface area (Å²) in [5.41, 5.74) is 0.520. The number of aliphatic carboxylic acids is 1. The SMILES string of the molecule is O=C(NC1CCCCCC1C(=O)O)c1ccc(Br)cc1Br. The average molecular weight is 419 g/mol. The van der Waals surface area contributed by atoms with E-state index in [1.165, 1.54) is 0 Å². The van der Waals surface area contributed by atoms with E-state index in [4.69, 9.17) is 0 Å². The van der Waals surface area contributed by atoms with Crippen molar-refractivity contribution in [2.45, 2.75) is 38.1 Å². The smallest absolute Gasteiger partial charge is 0.308 e. The van der Waals surface area contributed by atoms with Crippen molar-refractivity contribution in [3.05, 3.63) is 32.7 Å². The van der Waals surface area contributed by atoms with Gasteiger partial charge in [0.15, 0.2) is 0 Å². The molecule has 2 rings (SSSR count). The summed E-state index contributed by atoms with van der Waals surface area (Å²) in [5, 5.41) is 12.2. The maximum atomic E-state index is 12.4. The van der Waals surface area contributed by atoms with E-state index in [1.807, 2.05) is 0 Å². The zero-order valence-corrected chi connectivity index (χ0v) is 14.6. The minimum absolute atomic E-state index is 0.229. The summed E-state index contributed by atoms with van der Waals surface area (Å²) in [6.45, 7) is 0.